The van der Waals surface area contributed by atoms with Gasteiger partial charge in [0.05, 0.1) is 35.6 Å². The predicted molar refractivity (Wildman–Crippen MR) is 133 cm³/mol. The molecule has 2 N–H and O–H groups in total. The van der Waals surface area contributed by atoms with E-state index in [1.807, 2.05) is 41.8 Å². The van der Waals surface area contributed by atoms with Gasteiger partial charge in [0.15, 0.2) is 0 Å². The number of pyridine rings is 1. The molecule has 0 radical (unpaired) electrons. The lowest BCUT2D eigenvalue weighted by Crippen LogP contribution is -2.45. The second kappa shape index (κ2) is 9.23. The van der Waals surface area contributed by atoms with E-state index < -0.39 is 18.0 Å². The van der Waals surface area contributed by atoms with Gasteiger partial charge in [0.25, 0.3) is 0 Å². The quantitative estimate of drug-likeness (QED) is 0.397. The second-order valence-corrected chi connectivity index (χ2v) is 8.38. The molecule has 1 aliphatic heterocycles. The number of hydrogen-bond acceptors (Lipinski definition) is 5. The summed E-state index contributed by atoms with van der Waals surface area (Å²) in [6.07, 6.45) is 3.45. The molecule has 3 heterocycles. The Hall–Kier alpha value is -4.17. The third-order valence-corrected chi connectivity index (χ3v) is 6.17. The fourth-order valence-electron chi connectivity index (χ4n) is 4.32. The van der Waals surface area contributed by atoms with E-state index in [2.05, 4.69) is 20.6 Å². The van der Waals surface area contributed by atoms with Crippen LogP contribution in [0.2, 0.25) is 5.02 Å². The molecule has 0 saturated carbocycles. The highest BCUT2D eigenvalue weighted by atomic mass is 35.5. The highest BCUT2D eigenvalue weighted by Gasteiger charge is 2.35. The number of carbonyl (C=O) groups is 2. The van der Waals surface area contributed by atoms with Gasteiger partial charge in [-0.1, -0.05) is 41.9 Å². The maximum atomic E-state index is 13.1. The van der Waals surface area contributed by atoms with Crippen molar-refractivity contribution in [2.24, 2.45) is 0 Å². The Kier molecular flexibility index (Phi) is 5.96. The normalized spacial score (nSPS) is 15.6. The Balaban J connectivity index is 1.63. The largest absolute Gasteiger partial charge is 0.463 e. The number of amides is 2. The molecular formula is C26H22ClN5O3. The summed E-state index contributed by atoms with van der Waals surface area (Å²) in [7, 11) is 0. The summed E-state index contributed by atoms with van der Waals surface area (Å²) in [4.78, 5) is 34.4. The number of hydrogen-bond donors (Lipinski definition) is 2. The lowest BCUT2D eigenvalue weighted by atomic mass is 9.92. The first-order valence-corrected chi connectivity index (χ1v) is 11.5. The van der Waals surface area contributed by atoms with Gasteiger partial charge in [-0.15, -0.1) is 0 Å². The topological polar surface area (TPSA) is 98.1 Å². The minimum absolute atomic E-state index is 0.194. The summed E-state index contributed by atoms with van der Waals surface area (Å²) >= 11 is 6.43. The van der Waals surface area contributed by atoms with Gasteiger partial charge in [0, 0.05) is 16.9 Å². The van der Waals surface area contributed by atoms with Crippen LogP contribution in [0.4, 0.5) is 4.79 Å². The molecule has 5 rings (SSSR count). The zero-order valence-electron chi connectivity index (χ0n) is 19.1. The number of halogens is 1. The molecule has 4 aromatic rings. The number of urea groups is 1. The van der Waals surface area contributed by atoms with Crippen LogP contribution >= 0.6 is 11.6 Å². The molecule has 2 amide bonds. The molecular weight excluding hydrogens is 466 g/mol. The van der Waals surface area contributed by atoms with Gasteiger partial charge in [-0.05, 0) is 49.2 Å². The smallest absolute Gasteiger partial charge is 0.338 e. The number of rotatable bonds is 5. The van der Waals surface area contributed by atoms with E-state index in [4.69, 9.17) is 16.3 Å². The lowest BCUT2D eigenvalue weighted by molar-refractivity contribution is -0.138. The first kappa shape index (κ1) is 22.6. The highest BCUT2D eigenvalue weighted by Crippen LogP contribution is 2.35. The van der Waals surface area contributed by atoms with E-state index in [0.717, 1.165) is 22.5 Å². The van der Waals surface area contributed by atoms with Crippen molar-refractivity contribution in [3.05, 3.63) is 94.5 Å². The average Bonchev–Trinajstić information content (AvgIpc) is 3.19. The number of ether oxygens (including phenoxy) is 1. The number of carbonyl (C=O) groups excluding carboxylic acids is 2. The Morgan fingerprint density at radius 2 is 1.91 bits per heavy atom. The first-order chi connectivity index (χ1) is 17.0. The Labute approximate surface area is 206 Å². The summed E-state index contributed by atoms with van der Waals surface area (Å²) in [5.74, 6) is 0.286. The number of nitrogens with one attached hydrogen (secondary N) is 2. The molecule has 2 aromatic carbocycles. The predicted octanol–water partition coefficient (Wildman–Crippen LogP) is 4.71. The van der Waals surface area contributed by atoms with E-state index in [0.29, 0.717) is 21.8 Å². The van der Waals surface area contributed by atoms with Crippen LogP contribution in [0, 0.1) is 6.92 Å². The molecule has 1 unspecified atom stereocenters. The van der Waals surface area contributed by atoms with Gasteiger partial charge in [0.1, 0.15) is 11.3 Å². The monoisotopic (exact) mass is 487 g/mol. The Bertz CT molecular complexity index is 1480. The molecule has 1 aliphatic rings. The van der Waals surface area contributed by atoms with Gasteiger partial charge in [-0.25, -0.2) is 14.6 Å². The Morgan fingerprint density at radius 1 is 1.14 bits per heavy atom. The molecule has 176 valence electrons. The molecule has 0 saturated heterocycles. The SMILES string of the molecule is CCOC(=O)C1=C(c2ccc(-n3c(C)nc4cnccc43)cc2)NC(=O)NC1c1ccccc1Cl. The minimum atomic E-state index is -0.765. The van der Waals surface area contributed by atoms with Crippen LogP contribution in [-0.2, 0) is 9.53 Å². The number of esters is 1. The van der Waals surface area contributed by atoms with Gasteiger partial charge < -0.3 is 15.4 Å². The fraction of sp³-hybridized carbons (Fsp3) is 0.154. The van der Waals surface area contributed by atoms with Gasteiger partial charge in [0.2, 0.25) is 0 Å². The fourth-order valence-corrected chi connectivity index (χ4v) is 4.56. The van der Waals surface area contributed by atoms with Gasteiger partial charge in [-0.2, -0.15) is 0 Å². The van der Waals surface area contributed by atoms with E-state index >= 15 is 0 Å². The molecule has 1 atom stereocenters. The summed E-state index contributed by atoms with van der Waals surface area (Å²) in [6.45, 7) is 3.86. The molecule has 0 bridgehead atoms. The first-order valence-electron chi connectivity index (χ1n) is 11.1. The lowest BCUT2D eigenvalue weighted by Gasteiger charge is -2.30. The molecule has 35 heavy (non-hydrogen) atoms. The van der Waals surface area contributed by atoms with E-state index in [-0.39, 0.29) is 12.2 Å². The van der Waals surface area contributed by atoms with Gasteiger partial charge in [-0.3, -0.25) is 9.55 Å². The number of nitrogens with zero attached hydrogens (tertiary/aromatic N) is 3. The Morgan fingerprint density at radius 3 is 2.66 bits per heavy atom. The van der Waals surface area contributed by atoms with Crippen LogP contribution in [0.3, 0.4) is 0 Å². The molecule has 8 nitrogen and oxygen atoms in total. The molecule has 0 fully saturated rings. The van der Waals surface area contributed by atoms with Crippen molar-refractivity contribution in [3.63, 3.8) is 0 Å². The van der Waals surface area contributed by atoms with Crippen LogP contribution in [-0.4, -0.2) is 33.1 Å². The van der Waals surface area contributed by atoms with Crippen LogP contribution in [0.25, 0.3) is 22.4 Å². The summed E-state index contributed by atoms with van der Waals surface area (Å²) in [6, 6.07) is 15.3. The van der Waals surface area contributed by atoms with E-state index in [1.54, 1.807) is 43.6 Å². The van der Waals surface area contributed by atoms with Crippen LogP contribution in [0.1, 0.15) is 29.9 Å². The van der Waals surface area contributed by atoms with Crippen LogP contribution < -0.4 is 10.6 Å². The van der Waals surface area contributed by atoms with Crippen molar-refractivity contribution in [1.82, 2.24) is 25.2 Å². The minimum Gasteiger partial charge on any atom is -0.463 e. The number of aryl methyl sites for hydroxylation is 1. The molecule has 2 aromatic heterocycles. The van der Waals surface area contributed by atoms with Crippen molar-refractivity contribution >= 4 is 40.3 Å². The van der Waals surface area contributed by atoms with Crippen molar-refractivity contribution < 1.29 is 14.3 Å². The summed E-state index contributed by atoms with van der Waals surface area (Å²) in [5.41, 5.74) is 4.55. The molecule has 0 aliphatic carbocycles. The maximum absolute atomic E-state index is 13.1. The summed E-state index contributed by atoms with van der Waals surface area (Å²) < 4.78 is 7.38. The van der Waals surface area contributed by atoms with Crippen molar-refractivity contribution in [2.75, 3.05) is 6.61 Å². The number of aromatic nitrogens is 3. The van der Waals surface area contributed by atoms with E-state index in [1.165, 1.54) is 0 Å². The van der Waals surface area contributed by atoms with Crippen molar-refractivity contribution in [2.45, 2.75) is 19.9 Å². The third-order valence-electron chi connectivity index (χ3n) is 5.82. The highest BCUT2D eigenvalue weighted by molar-refractivity contribution is 6.31. The molecule has 9 heteroatoms. The zero-order chi connectivity index (χ0) is 24.5. The number of fused-ring (bicyclic) bond motifs is 1. The zero-order valence-corrected chi connectivity index (χ0v) is 19.8. The van der Waals surface area contributed by atoms with E-state index in [9.17, 15) is 9.59 Å². The third kappa shape index (κ3) is 4.13. The summed E-state index contributed by atoms with van der Waals surface area (Å²) in [5, 5.41) is 6.05. The molecule has 0 spiro atoms. The second-order valence-electron chi connectivity index (χ2n) is 7.97. The van der Waals surface area contributed by atoms with Crippen molar-refractivity contribution in [1.29, 1.82) is 0 Å². The van der Waals surface area contributed by atoms with Crippen LogP contribution in [0.5, 0.6) is 0 Å². The number of benzene rings is 2. The van der Waals surface area contributed by atoms with Crippen molar-refractivity contribution in [3.8, 4) is 5.69 Å². The van der Waals surface area contributed by atoms with Crippen LogP contribution in [0.15, 0.2) is 72.6 Å². The standard InChI is InChI=1S/C26H22ClN5O3/c1-3-35-25(33)22-23(30-26(34)31-24(22)18-6-4-5-7-19(18)27)16-8-10-17(11-9-16)32-15(2)29-20-14-28-13-12-21(20)32/h4-14,24H,3H2,1-2H3,(H2,30,31,34). The average molecular weight is 488 g/mol. The maximum Gasteiger partial charge on any atom is 0.338 e. The van der Waals surface area contributed by atoms with Gasteiger partial charge >= 0.3 is 12.0 Å². The number of imidazole rings is 1.